The molecule has 1 amide bonds. The smallest absolute Gasteiger partial charge is 0.331 e. The molecule has 0 aromatic carbocycles. The van der Waals surface area contributed by atoms with Crippen LogP contribution in [0.2, 0.25) is 0 Å². The molecule has 0 N–H and O–H groups in total. The molecule has 0 saturated heterocycles. The highest BCUT2D eigenvalue weighted by Gasteiger charge is 2.13. The Morgan fingerprint density at radius 3 is 2.76 bits per heavy atom. The summed E-state index contributed by atoms with van der Waals surface area (Å²) in [6.45, 7) is 10.1. The molecule has 21 heavy (non-hydrogen) atoms. The number of carbonyl (C=O) groups excluding carboxylic acids is 2. The standard InChI is InChI=1S/C15H20N2O3S/c1-5-17(8-11(2)3)14(18)9-20-15(19)7-6-13-10-21-12(4)16-13/h6-7,10H,2,5,8-9H2,1,3-4H3/b7-6+. The fraction of sp³-hybridized carbons (Fsp3) is 0.400. The van der Waals surface area contributed by atoms with Gasteiger partial charge >= 0.3 is 5.97 Å². The molecule has 0 saturated carbocycles. The Morgan fingerprint density at radius 2 is 2.24 bits per heavy atom. The number of nitrogens with zero attached hydrogens (tertiary/aromatic N) is 2. The second-order valence-corrected chi connectivity index (χ2v) is 5.66. The topological polar surface area (TPSA) is 59.5 Å². The Kier molecular flexibility index (Phi) is 6.81. The molecule has 0 fully saturated rings. The van der Waals surface area contributed by atoms with Crippen LogP contribution in [0, 0.1) is 6.92 Å². The van der Waals surface area contributed by atoms with Gasteiger partial charge in [-0.3, -0.25) is 4.79 Å². The van der Waals surface area contributed by atoms with Gasteiger partial charge in [-0.1, -0.05) is 12.2 Å². The minimum atomic E-state index is -0.555. The lowest BCUT2D eigenvalue weighted by molar-refractivity contribution is -0.147. The molecule has 114 valence electrons. The molecule has 0 aliphatic rings. The van der Waals surface area contributed by atoms with Gasteiger partial charge in [0.1, 0.15) is 0 Å². The summed E-state index contributed by atoms with van der Waals surface area (Å²) >= 11 is 1.50. The van der Waals surface area contributed by atoms with Crippen molar-refractivity contribution in [2.45, 2.75) is 20.8 Å². The first-order chi connectivity index (χ1) is 9.92. The highest BCUT2D eigenvalue weighted by molar-refractivity contribution is 7.09. The number of thiazole rings is 1. The van der Waals surface area contributed by atoms with Gasteiger partial charge in [0.15, 0.2) is 6.61 Å². The van der Waals surface area contributed by atoms with Crippen LogP contribution in [0.4, 0.5) is 0 Å². The fourth-order valence-corrected chi connectivity index (χ4v) is 2.17. The molecule has 1 aromatic heterocycles. The van der Waals surface area contributed by atoms with Crippen LogP contribution in [-0.4, -0.2) is 41.5 Å². The maximum absolute atomic E-state index is 11.9. The van der Waals surface area contributed by atoms with Gasteiger partial charge in [0.25, 0.3) is 5.91 Å². The minimum Gasteiger partial charge on any atom is -0.452 e. The van der Waals surface area contributed by atoms with Crippen molar-refractivity contribution in [2.75, 3.05) is 19.7 Å². The average Bonchev–Trinajstić information content (AvgIpc) is 2.85. The van der Waals surface area contributed by atoms with E-state index < -0.39 is 5.97 Å². The number of carbonyl (C=O) groups is 2. The number of hydrogen-bond donors (Lipinski definition) is 0. The van der Waals surface area contributed by atoms with E-state index in [1.807, 2.05) is 26.2 Å². The number of rotatable bonds is 7. The summed E-state index contributed by atoms with van der Waals surface area (Å²) in [6, 6.07) is 0. The summed E-state index contributed by atoms with van der Waals surface area (Å²) in [7, 11) is 0. The quantitative estimate of drug-likeness (QED) is 0.441. The van der Waals surface area contributed by atoms with Crippen molar-refractivity contribution in [3.63, 3.8) is 0 Å². The second-order valence-electron chi connectivity index (χ2n) is 4.60. The number of amides is 1. The van der Waals surface area contributed by atoms with Crippen LogP contribution in [0.1, 0.15) is 24.5 Å². The number of aryl methyl sites for hydroxylation is 1. The van der Waals surface area contributed by atoms with Crippen molar-refractivity contribution in [3.05, 3.63) is 34.3 Å². The molecule has 5 nitrogen and oxygen atoms in total. The zero-order valence-electron chi connectivity index (χ0n) is 12.6. The molecule has 0 spiro atoms. The molecule has 0 bridgehead atoms. The minimum absolute atomic E-state index is 0.230. The van der Waals surface area contributed by atoms with Crippen molar-refractivity contribution < 1.29 is 14.3 Å². The molecular weight excluding hydrogens is 288 g/mol. The van der Waals surface area contributed by atoms with E-state index in [1.54, 1.807) is 11.0 Å². The lowest BCUT2D eigenvalue weighted by Gasteiger charge is -2.20. The maximum atomic E-state index is 11.9. The third-order valence-electron chi connectivity index (χ3n) is 2.56. The van der Waals surface area contributed by atoms with Gasteiger partial charge in [-0.25, -0.2) is 9.78 Å². The zero-order chi connectivity index (χ0) is 15.8. The first kappa shape index (κ1) is 17.1. The van der Waals surface area contributed by atoms with Gasteiger partial charge in [0, 0.05) is 24.5 Å². The number of esters is 1. The van der Waals surface area contributed by atoms with Crippen LogP contribution < -0.4 is 0 Å². The van der Waals surface area contributed by atoms with E-state index in [1.165, 1.54) is 17.4 Å². The summed E-state index contributed by atoms with van der Waals surface area (Å²) in [5.41, 5.74) is 1.59. The summed E-state index contributed by atoms with van der Waals surface area (Å²) in [4.78, 5) is 29.2. The molecular formula is C15H20N2O3S. The summed E-state index contributed by atoms with van der Waals surface area (Å²) in [5, 5.41) is 2.77. The molecule has 0 aliphatic carbocycles. The molecule has 0 unspecified atom stereocenters. The Bertz CT molecular complexity index is 549. The molecule has 1 rings (SSSR count). The van der Waals surface area contributed by atoms with Gasteiger partial charge < -0.3 is 9.64 Å². The van der Waals surface area contributed by atoms with E-state index in [0.717, 1.165) is 10.6 Å². The lowest BCUT2D eigenvalue weighted by Crippen LogP contribution is -2.35. The zero-order valence-corrected chi connectivity index (χ0v) is 13.4. The van der Waals surface area contributed by atoms with Gasteiger partial charge in [-0.2, -0.15) is 0 Å². The van der Waals surface area contributed by atoms with Crippen molar-refractivity contribution in [1.29, 1.82) is 0 Å². The first-order valence-electron chi connectivity index (χ1n) is 6.61. The number of likely N-dealkylation sites (N-methyl/N-ethyl adjacent to an activating group) is 1. The largest absolute Gasteiger partial charge is 0.452 e. The van der Waals surface area contributed by atoms with Gasteiger partial charge in [0.05, 0.1) is 10.7 Å². The van der Waals surface area contributed by atoms with E-state index in [4.69, 9.17) is 4.74 Å². The Morgan fingerprint density at radius 1 is 1.52 bits per heavy atom. The van der Waals surface area contributed by atoms with E-state index in [2.05, 4.69) is 11.6 Å². The highest BCUT2D eigenvalue weighted by atomic mass is 32.1. The predicted octanol–water partition coefficient (Wildman–Crippen LogP) is 2.43. The summed E-state index contributed by atoms with van der Waals surface area (Å²) in [6.07, 6.45) is 2.85. The van der Waals surface area contributed by atoms with Crippen LogP contribution >= 0.6 is 11.3 Å². The monoisotopic (exact) mass is 308 g/mol. The fourth-order valence-electron chi connectivity index (χ4n) is 1.58. The Hall–Kier alpha value is -1.95. The predicted molar refractivity (Wildman–Crippen MR) is 83.9 cm³/mol. The average molecular weight is 308 g/mol. The Labute approximate surface area is 128 Å². The first-order valence-corrected chi connectivity index (χ1v) is 7.49. The lowest BCUT2D eigenvalue weighted by atomic mass is 10.3. The van der Waals surface area contributed by atoms with Crippen molar-refractivity contribution in [1.82, 2.24) is 9.88 Å². The van der Waals surface area contributed by atoms with E-state index >= 15 is 0 Å². The van der Waals surface area contributed by atoms with Crippen molar-refractivity contribution in [2.24, 2.45) is 0 Å². The third kappa shape index (κ3) is 6.35. The maximum Gasteiger partial charge on any atom is 0.331 e. The van der Waals surface area contributed by atoms with Gasteiger partial charge in [0.2, 0.25) is 0 Å². The van der Waals surface area contributed by atoms with E-state index in [0.29, 0.717) is 18.8 Å². The Balaban J connectivity index is 2.43. The van der Waals surface area contributed by atoms with Crippen LogP contribution in [0.15, 0.2) is 23.6 Å². The van der Waals surface area contributed by atoms with Gasteiger partial charge in [-0.15, -0.1) is 11.3 Å². The third-order valence-corrected chi connectivity index (χ3v) is 3.35. The molecule has 1 heterocycles. The van der Waals surface area contributed by atoms with Crippen LogP contribution in [0.3, 0.4) is 0 Å². The van der Waals surface area contributed by atoms with E-state index in [-0.39, 0.29) is 12.5 Å². The summed E-state index contributed by atoms with van der Waals surface area (Å²) < 4.78 is 4.93. The highest BCUT2D eigenvalue weighted by Crippen LogP contribution is 2.09. The number of aromatic nitrogens is 1. The molecule has 0 aliphatic heterocycles. The molecule has 0 atom stereocenters. The normalized spacial score (nSPS) is 10.6. The van der Waals surface area contributed by atoms with Crippen molar-refractivity contribution in [3.8, 4) is 0 Å². The SMILES string of the molecule is C=C(C)CN(CC)C(=O)COC(=O)/C=C/c1csc(C)n1. The second kappa shape index (κ2) is 8.36. The molecule has 1 aromatic rings. The van der Waals surface area contributed by atoms with Gasteiger partial charge in [-0.05, 0) is 26.8 Å². The number of ether oxygens (including phenoxy) is 1. The van der Waals surface area contributed by atoms with Crippen molar-refractivity contribution >= 4 is 29.3 Å². The molecule has 0 radical (unpaired) electrons. The molecule has 6 heteroatoms. The van der Waals surface area contributed by atoms with E-state index in [9.17, 15) is 9.59 Å². The van der Waals surface area contributed by atoms with Crippen LogP contribution in [0.5, 0.6) is 0 Å². The van der Waals surface area contributed by atoms with Crippen LogP contribution in [-0.2, 0) is 14.3 Å². The summed E-state index contributed by atoms with van der Waals surface area (Å²) in [5.74, 6) is -0.785. The number of hydrogen-bond acceptors (Lipinski definition) is 5. The van der Waals surface area contributed by atoms with Crippen LogP contribution in [0.25, 0.3) is 6.08 Å².